The van der Waals surface area contributed by atoms with Crippen LogP contribution in [0.4, 0.5) is 0 Å². The molecule has 1 unspecified atom stereocenters. The Kier molecular flexibility index (Phi) is 11.3. The summed E-state index contributed by atoms with van der Waals surface area (Å²) in [4.78, 5) is 0. The molecule has 0 bridgehead atoms. The van der Waals surface area contributed by atoms with Gasteiger partial charge in [-0.25, -0.2) is 0 Å². The maximum absolute atomic E-state index is 12.1. The van der Waals surface area contributed by atoms with Crippen molar-refractivity contribution in [2.24, 2.45) is 0 Å². The van der Waals surface area contributed by atoms with Crippen LogP contribution in [0.25, 0.3) is 0 Å². The number of rotatable bonds is 10. The van der Waals surface area contributed by atoms with Crippen LogP contribution < -0.4 is 0 Å². The van der Waals surface area contributed by atoms with Gasteiger partial charge in [-0.3, -0.25) is 4.57 Å². The smallest absolute Gasteiger partial charge is 0.313 e. The van der Waals surface area contributed by atoms with E-state index in [1.165, 1.54) is 22.8 Å². The summed E-state index contributed by atoms with van der Waals surface area (Å²) in [6.45, 7) is 6.62. The molecule has 92 valence electrons. The van der Waals surface area contributed by atoms with Crippen molar-refractivity contribution in [2.45, 2.75) is 27.2 Å². The summed E-state index contributed by atoms with van der Waals surface area (Å²) in [6, 6.07) is 0. The zero-order chi connectivity index (χ0) is 11.6. The SMILES string of the molecule is CCOP(=O)(SCC)SCCCSCC. The van der Waals surface area contributed by atoms with Crippen molar-refractivity contribution in [1.82, 2.24) is 0 Å². The average molecular weight is 288 g/mol. The van der Waals surface area contributed by atoms with Gasteiger partial charge in [-0.15, -0.1) is 0 Å². The predicted molar refractivity (Wildman–Crippen MR) is 77.4 cm³/mol. The topological polar surface area (TPSA) is 26.3 Å². The molecule has 0 heterocycles. The summed E-state index contributed by atoms with van der Waals surface area (Å²) in [5.41, 5.74) is 0. The molecule has 0 amide bonds. The van der Waals surface area contributed by atoms with Crippen LogP contribution in [0.3, 0.4) is 0 Å². The van der Waals surface area contributed by atoms with E-state index in [-0.39, 0.29) is 0 Å². The Hall–Kier alpha value is 1.24. The molecule has 0 radical (unpaired) electrons. The van der Waals surface area contributed by atoms with Crippen molar-refractivity contribution in [3.8, 4) is 0 Å². The van der Waals surface area contributed by atoms with E-state index in [2.05, 4.69) is 6.92 Å². The molecule has 0 aliphatic rings. The fourth-order valence-electron chi connectivity index (χ4n) is 0.910. The van der Waals surface area contributed by atoms with E-state index in [9.17, 15) is 4.57 Å². The molecule has 0 aromatic rings. The zero-order valence-corrected chi connectivity index (χ0v) is 13.1. The van der Waals surface area contributed by atoms with Crippen molar-refractivity contribution < 1.29 is 9.09 Å². The first-order valence-electron chi connectivity index (χ1n) is 5.29. The Labute approximate surface area is 106 Å². The molecule has 15 heavy (non-hydrogen) atoms. The molecule has 0 saturated carbocycles. The van der Waals surface area contributed by atoms with E-state index >= 15 is 0 Å². The van der Waals surface area contributed by atoms with Crippen molar-refractivity contribution in [2.75, 3.05) is 29.6 Å². The molecule has 0 spiro atoms. The van der Waals surface area contributed by atoms with Crippen LogP contribution in [0.15, 0.2) is 0 Å². The zero-order valence-electron chi connectivity index (χ0n) is 9.73. The van der Waals surface area contributed by atoms with Crippen LogP contribution in [0.5, 0.6) is 0 Å². The molecule has 0 fully saturated rings. The minimum Gasteiger partial charge on any atom is -0.314 e. The summed E-state index contributed by atoms with van der Waals surface area (Å²) in [7, 11) is 0. The van der Waals surface area contributed by atoms with Gasteiger partial charge in [0.05, 0.1) is 6.61 Å². The van der Waals surface area contributed by atoms with Gasteiger partial charge < -0.3 is 4.52 Å². The fourth-order valence-corrected chi connectivity index (χ4v) is 8.68. The molecular formula is C9H21O2PS3. The summed E-state index contributed by atoms with van der Waals surface area (Å²) >= 11 is 4.90. The minimum absolute atomic E-state index is 0.543. The average Bonchev–Trinajstić information content (AvgIpc) is 2.18. The second-order valence-electron chi connectivity index (χ2n) is 2.67. The minimum atomic E-state index is -2.44. The normalized spacial score (nSPS) is 15.1. The molecule has 0 aliphatic carbocycles. The third-order valence-electron chi connectivity index (χ3n) is 1.46. The maximum atomic E-state index is 12.1. The highest BCUT2D eigenvalue weighted by molar-refractivity contribution is 8.89. The summed E-state index contributed by atoms with van der Waals surface area (Å²) in [5.74, 6) is 1.68. The maximum Gasteiger partial charge on any atom is 0.313 e. The van der Waals surface area contributed by atoms with E-state index in [4.69, 9.17) is 4.52 Å². The molecular weight excluding hydrogens is 267 g/mol. The van der Waals surface area contributed by atoms with Gasteiger partial charge >= 0.3 is 5.77 Å². The summed E-state index contributed by atoms with van der Waals surface area (Å²) < 4.78 is 17.5. The lowest BCUT2D eigenvalue weighted by molar-refractivity contribution is 0.357. The van der Waals surface area contributed by atoms with Crippen LogP contribution in [0.1, 0.15) is 27.2 Å². The Balaban J connectivity index is 3.71. The largest absolute Gasteiger partial charge is 0.314 e. The van der Waals surface area contributed by atoms with Gasteiger partial charge in [-0.05, 0) is 24.9 Å². The molecule has 0 N–H and O–H groups in total. The second-order valence-corrected chi connectivity index (χ2v) is 11.8. The summed E-state index contributed by atoms with van der Waals surface area (Å²) in [6.07, 6.45) is 1.12. The van der Waals surface area contributed by atoms with E-state index in [0.29, 0.717) is 6.61 Å². The molecule has 0 saturated heterocycles. The van der Waals surface area contributed by atoms with Gasteiger partial charge in [0.2, 0.25) is 0 Å². The molecule has 0 aliphatic heterocycles. The van der Waals surface area contributed by atoms with Crippen molar-refractivity contribution in [3.63, 3.8) is 0 Å². The van der Waals surface area contributed by atoms with E-state index in [0.717, 1.165) is 29.4 Å². The number of hydrogen-bond donors (Lipinski definition) is 0. The Morgan fingerprint density at radius 1 is 1.07 bits per heavy atom. The van der Waals surface area contributed by atoms with Gasteiger partial charge in [0.1, 0.15) is 0 Å². The Morgan fingerprint density at radius 2 is 1.80 bits per heavy atom. The first kappa shape index (κ1) is 16.2. The lowest BCUT2D eigenvalue weighted by atomic mass is 10.6. The Bertz CT molecular complexity index is 180. The third-order valence-corrected chi connectivity index (χ3v) is 10.1. The van der Waals surface area contributed by atoms with Gasteiger partial charge in [0.25, 0.3) is 0 Å². The highest BCUT2D eigenvalue weighted by Crippen LogP contribution is 2.69. The van der Waals surface area contributed by atoms with Crippen LogP contribution in [-0.2, 0) is 9.09 Å². The van der Waals surface area contributed by atoms with Gasteiger partial charge in [0, 0.05) is 11.5 Å². The molecule has 2 nitrogen and oxygen atoms in total. The monoisotopic (exact) mass is 288 g/mol. The molecule has 0 aromatic heterocycles. The lowest BCUT2D eigenvalue weighted by Gasteiger charge is -2.14. The highest BCUT2D eigenvalue weighted by atomic mass is 33.1. The summed E-state index contributed by atoms with van der Waals surface area (Å²) in [5, 5.41) is 0. The fraction of sp³-hybridized carbons (Fsp3) is 1.00. The third kappa shape index (κ3) is 8.99. The first-order chi connectivity index (χ1) is 7.18. The highest BCUT2D eigenvalue weighted by Gasteiger charge is 2.22. The predicted octanol–water partition coefficient (Wildman–Crippen LogP) is 4.76. The molecule has 0 aromatic carbocycles. The van der Waals surface area contributed by atoms with E-state index in [1.54, 1.807) is 0 Å². The van der Waals surface area contributed by atoms with E-state index in [1.807, 2.05) is 25.6 Å². The van der Waals surface area contributed by atoms with Crippen molar-refractivity contribution >= 4 is 40.3 Å². The molecule has 0 rings (SSSR count). The van der Waals surface area contributed by atoms with Gasteiger partial charge in [-0.1, -0.05) is 36.6 Å². The van der Waals surface area contributed by atoms with Crippen LogP contribution in [0.2, 0.25) is 0 Å². The molecule has 1 atom stereocenters. The first-order valence-corrected chi connectivity index (χ1v) is 11.3. The Morgan fingerprint density at radius 3 is 2.33 bits per heavy atom. The van der Waals surface area contributed by atoms with Crippen LogP contribution in [-0.4, -0.2) is 29.6 Å². The van der Waals surface area contributed by atoms with Gasteiger partial charge in [0.15, 0.2) is 0 Å². The van der Waals surface area contributed by atoms with Crippen molar-refractivity contribution in [1.29, 1.82) is 0 Å². The van der Waals surface area contributed by atoms with Crippen molar-refractivity contribution in [3.05, 3.63) is 0 Å². The van der Waals surface area contributed by atoms with Gasteiger partial charge in [-0.2, -0.15) is 11.8 Å². The lowest BCUT2D eigenvalue weighted by Crippen LogP contribution is -1.88. The second kappa shape index (κ2) is 10.4. The number of thioether (sulfide) groups is 1. The van der Waals surface area contributed by atoms with Crippen LogP contribution >= 0.6 is 40.3 Å². The number of hydrogen-bond acceptors (Lipinski definition) is 5. The molecule has 6 heteroatoms. The standard InChI is InChI=1S/C9H21O2PS3/c1-4-11-12(10,14-6-3)15-9-7-8-13-5-2/h4-9H2,1-3H3. The van der Waals surface area contributed by atoms with E-state index < -0.39 is 5.77 Å². The quantitative estimate of drug-likeness (QED) is 0.426. The van der Waals surface area contributed by atoms with Crippen LogP contribution in [0, 0.1) is 0 Å².